The van der Waals surface area contributed by atoms with Crippen LogP contribution in [0.1, 0.15) is 25.3 Å². The summed E-state index contributed by atoms with van der Waals surface area (Å²) in [5.74, 6) is 0.379. The van der Waals surface area contributed by atoms with E-state index in [1.807, 2.05) is 31.2 Å². The molecule has 2 aromatic rings. The molecule has 1 heterocycles. The summed E-state index contributed by atoms with van der Waals surface area (Å²) < 4.78 is 63.8. The molecule has 1 amide bonds. The quantitative estimate of drug-likeness (QED) is 0.377. The van der Waals surface area contributed by atoms with Crippen molar-refractivity contribution in [1.82, 2.24) is 9.62 Å². The lowest BCUT2D eigenvalue weighted by molar-refractivity contribution is -0.119. The SMILES string of the molecule is CCCOc1ccccc1CCCNC(=O)CN(c1ccc(S(=O)(=O)N2CCOCC2)cc1)S(C)(=O)=O. The van der Waals surface area contributed by atoms with Gasteiger partial charge in [0.25, 0.3) is 0 Å². The van der Waals surface area contributed by atoms with Crippen LogP contribution in [-0.2, 0) is 36.0 Å². The second-order valence-corrected chi connectivity index (χ2v) is 12.5. The lowest BCUT2D eigenvalue weighted by Crippen LogP contribution is -2.41. The molecule has 0 spiro atoms. The number of nitrogens with one attached hydrogen (secondary N) is 1. The Hall–Kier alpha value is -2.67. The lowest BCUT2D eigenvalue weighted by atomic mass is 10.1. The summed E-state index contributed by atoms with van der Waals surface area (Å²) in [4.78, 5) is 12.6. The van der Waals surface area contributed by atoms with E-state index in [1.165, 1.54) is 28.6 Å². The van der Waals surface area contributed by atoms with Crippen LogP contribution in [-0.4, -0.2) is 79.3 Å². The number of carbonyl (C=O) groups excluding carboxylic acids is 1. The number of sulfonamides is 2. The van der Waals surface area contributed by atoms with Crippen molar-refractivity contribution in [2.45, 2.75) is 31.1 Å². The summed E-state index contributed by atoms with van der Waals surface area (Å²) in [6.07, 6.45) is 3.28. The van der Waals surface area contributed by atoms with Crippen LogP contribution in [0.15, 0.2) is 53.4 Å². The molecular weight excluding hydrogens is 518 g/mol. The average Bonchev–Trinajstić information content (AvgIpc) is 2.89. The van der Waals surface area contributed by atoms with Gasteiger partial charge in [-0.25, -0.2) is 16.8 Å². The largest absolute Gasteiger partial charge is 0.493 e. The number of amides is 1. The lowest BCUT2D eigenvalue weighted by Gasteiger charge is -2.26. The van der Waals surface area contributed by atoms with Gasteiger partial charge in [0.15, 0.2) is 0 Å². The minimum Gasteiger partial charge on any atom is -0.493 e. The molecule has 1 aliphatic rings. The van der Waals surface area contributed by atoms with Crippen molar-refractivity contribution < 1.29 is 31.1 Å². The maximum absolute atomic E-state index is 12.8. The first kappa shape index (κ1) is 28.9. The van der Waals surface area contributed by atoms with Gasteiger partial charge in [-0.2, -0.15) is 4.31 Å². The molecule has 1 aliphatic heterocycles. The number of rotatable bonds is 13. The number of hydrogen-bond donors (Lipinski definition) is 1. The summed E-state index contributed by atoms with van der Waals surface area (Å²) in [6, 6.07) is 13.3. The Morgan fingerprint density at radius 1 is 1.05 bits per heavy atom. The van der Waals surface area contributed by atoms with Gasteiger partial charge >= 0.3 is 0 Å². The highest BCUT2D eigenvalue weighted by atomic mass is 32.2. The van der Waals surface area contributed by atoms with Gasteiger partial charge in [0, 0.05) is 19.6 Å². The first-order valence-corrected chi connectivity index (χ1v) is 15.5. The van der Waals surface area contributed by atoms with Crippen molar-refractivity contribution in [2.75, 3.05) is 56.6 Å². The van der Waals surface area contributed by atoms with Gasteiger partial charge in [-0.05, 0) is 55.2 Å². The van der Waals surface area contributed by atoms with E-state index in [4.69, 9.17) is 9.47 Å². The van der Waals surface area contributed by atoms with E-state index in [-0.39, 0.29) is 23.7 Å². The monoisotopic (exact) mass is 553 g/mol. The molecule has 0 saturated carbocycles. The van der Waals surface area contributed by atoms with E-state index >= 15 is 0 Å². The number of carbonyl (C=O) groups is 1. The molecule has 204 valence electrons. The topological polar surface area (TPSA) is 122 Å². The number of benzene rings is 2. The summed E-state index contributed by atoms with van der Waals surface area (Å²) in [6.45, 7) is 3.81. The van der Waals surface area contributed by atoms with E-state index in [0.29, 0.717) is 39.2 Å². The highest BCUT2D eigenvalue weighted by Gasteiger charge is 2.27. The van der Waals surface area contributed by atoms with Crippen molar-refractivity contribution in [2.24, 2.45) is 0 Å². The highest BCUT2D eigenvalue weighted by molar-refractivity contribution is 7.92. The zero-order chi connectivity index (χ0) is 26.9. The van der Waals surface area contributed by atoms with Gasteiger partial charge in [0.1, 0.15) is 12.3 Å². The van der Waals surface area contributed by atoms with Crippen LogP contribution in [0.2, 0.25) is 0 Å². The van der Waals surface area contributed by atoms with E-state index < -0.39 is 32.5 Å². The maximum Gasteiger partial charge on any atom is 0.243 e. The van der Waals surface area contributed by atoms with Crippen molar-refractivity contribution in [3.8, 4) is 5.75 Å². The molecule has 0 unspecified atom stereocenters. The molecule has 2 aromatic carbocycles. The number of nitrogens with zero attached hydrogens (tertiary/aromatic N) is 2. The van der Waals surface area contributed by atoms with Crippen molar-refractivity contribution in [1.29, 1.82) is 0 Å². The Kier molecular flexibility index (Phi) is 10.3. The number of para-hydroxylation sites is 1. The standard InChI is InChI=1S/C25H35N3O7S2/c1-3-17-35-24-9-5-4-7-21(24)8-6-14-26-25(29)20-28(36(2,30)31)22-10-12-23(13-11-22)37(32,33)27-15-18-34-19-16-27/h4-5,7,9-13H,3,6,8,14-20H2,1-2H3,(H,26,29). The van der Waals surface area contributed by atoms with Crippen molar-refractivity contribution in [3.05, 3.63) is 54.1 Å². The second-order valence-electron chi connectivity index (χ2n) is 8.69. The molecule has 37 heavy (non-hydrogen) atoms. The summed E-state index contributed by atoms with van der Waals surface area (Å²) in [5, 5.41) is 2.77. The highest BCUT2D eigenvalue weighted by Crippen LogP contribution is 2.23. The molecule has 0 atom stereocenters. The zero-order valence-electron chi connectivity index (χ0n) is 21.3. The Morgan fingerprint density at radius 2 is 1.73 bits per heavy atom. The van der Waals surface area contributed by atoms with Crippen LogP contribution >= 0.6 is 0 Å². The predicted molar refractivity (Wildman–Crippen MR) is 142 cm³/mol. The summed E-state index contributed by atoms with van der Waals surface area (Å²) in [5.41, 5.74) is 1.26. The van der Waals surface area contributed by atoms with Crippen LogP contribution < -0.4 is 14.4 Å². The van der Waals surface area contributed by atoms with Gasteiger partial charge < -0.3 is 14.8 Å². The third-order valence-corrected chi connectivity index (χ3v) is 8.85. The fraction of sp³-hybridized carbons (Fsp3) is 0.480. The van der Waals surface area contributed by atoms with Gasteiger partial charge in [0.05, 0.1) is 36.7 Å². The number of anilines is 1. The van der Waals surface area contributed by atoms with Gasteiger partial charge in [-0.15, -0.1) is 0 Å². The Balaban J connectivity index is 1.58. The van der Waals surface area contributed by atoms with Crippen LogP contribution in [0, 0.1) is 0 Å². The van der Waals surface area contributed by atoms with Gasteiger partial charge in [0.2, 0.25) is 26.0 Å². The Morgan fingerprint density at radius 3 is 2.38 bits per heavy atom. The molecule has 1 saturated heterocycles. The van der Waals surface area contributed by atoms with Crippen LogP contribution in [0.25, 0.3) is 0 Å². The third-order valence-electron chi connectivity index (χ3n) is 5.80. The molecule has 1 fully saturated rings. The van der Waals surface area contributed by atoms with Gasteiger partial charge in [-0.3, -0.25) is 9.10 Å². The molecule has 0 bridgehead atoms. The summed E-state index contributed by atoms with van der Waals surface area (Å²) in [7, 11) is -7.50. The maximum atomic E-state index is 12.8. The number of ether oxygens (including phenoxy) is 2. The molecule has 0 aromatic heterocycles. The predicted octanol–water partition coefficient (Wildman–Crippen LogP) is 2.01. The average molecular weight is 554 g/mol. The fourth-order valence-corrected chi connectivity index (χ4v) is 6.14. The zero-order valence-corrected chi connectivity index (χ0v) is 22.9. The first-order valence-electron chi connectivity index (χ1n) is 12.3. The second kappa shape index (κ2) is 13.2. The Labute approximate surface area is 219 Å². The normalized spacial score (nSPS) is 14.8. The molecule has 12 heteroatoms. The Bertz CT molecular complexity index is 1240. The number of aryl methyl sites for hydroxylation is 1. The molecule has 1 N–H and O–H groups in total. The van der Waals surface area contributed by atoms with Crippen LogP contribution in [0.5, 0.6) is 5.75 Å². The molecule has 3 rings (SSSR count). The molecule has 0 radical (unpaired) electrons. The minimum atomic E-state index is -3.79. The smallest absolute Gasteiger partial charge is 0.243 e. The third kappa shape index (κ3) is 8.16. The van der Waals surface area contributed by atoms with Gasteiger partial charge in [-0.1, -0.05) is 25.1 Å². The fourth-order valence-electron chi connectivity index (χ4n) is 3.88. The minimum absolute atomic E-state index is 0.0549. The molecule has 0 aliphatic carbocycles. The molecular formula is C25H35N3O7S2. The van der Waals surface area contributed by atoms with E-state index in [9.17, 15) is 21.6 Å². The van der Waals surface area contributed by atoms with Crippen LogP contribution in [0.3, 0.4) is 0 Å². The molecule has 10 nitrogen and oxygen atoms in total. The van der Waals surface area contributed by atoms with Crippen molar-refractivity contribution >= 4 is 31.6 Å². The van der Waals surface area contributed by atoms with E-state index in [0.717, 1.165) is 28.3 Å². The van der Waals surface area contributed by atoms with Crippen molar-refractivity contribution in [3.63, 3.8) is 0 Å². The van der Waals surface area contributed by atoms with E-state index in [1.54, 1.807) is 0 Å². The number of hydrogen-bond acceptors (Lipinski definition) is 7. The first-order chi connectivity index (χ1) is 17.6. The van der Waals surface area contributed by atoms with E-state index in [2.05, 4.69) is 5.32 Å². The van der Waals surface area contributed by atoms with Crippen LogP contribution in [0.4, 0.5) is 5.69 Å². The number of morpholine rings is 1. The summed E-state index contributed by atoms with van der Waals surface area (Å²) >= 11 is 0.